The fraction of sp³-hybridized carbons (Fsp3) is 0.250. The zero-order chi connectivity index (χ0) is 15.9. The molecule has 0 saturated heterocycles. The lowest BCUT2D eigenvalue weighted by Gasteiger charge is -2.10. The Morgan fingerprint density at radius 2 is 1.91 bits per heavy atom. The third kappa shape index (κ3) is 4.12. The van der Waals surface area contributed by atoms with Gasteiger partial charge in [0.05, 0.1) is 17.9 Å². The third-order valence-electron chi connectivity index (χ3n) is 3.27. The van der Waals surface area contributed by atoms with Crippen molar-refractivity contribution in [1.82, 2.24) is 15.3 Å². The van der Waals surface area contributed by atoms with Crippen LogP contribution in [0.15, 0.2) is 36.7 Å². The van der Waals surface area contributed by atoms with Gasteiger partial charge in [0.15, 0.2) is 0 Å². The number of carbonyl (C=O) groups excluding carboxylic acids is 1. The van der Waals surface area contributed by atoms with Crippen LogP contribution >= 0.6 is 0 Å². The smallest absolute Gasteiger partial charge is 0.303 e. The number of rotatable bonds is 6. The van der Waals surface area contributed by atoms with Crippen LogP contribution in [0.2, 0.25) is 0 Å². The van der Waals surface area contributed by atoms with Crippen molar-refractivity contribution in [3.63, 3.8) is 0 Å². The van der Waals surface area contributed by atoms with Crippen LogP contribution in [-0.4, -0.2) is 27.0 Å². The Morgan fingerprint density at radius 3 is 2.64 bits per heavy atom. The molecule has 0 atom stereocenters. The number of carbonyl (C=O) groups is 2. The number of amides is 1. The molecule has 22 heavy (non-hydrogen) atoms. The van der Waals surface area contributed by atoms with Crippen LogP contribution in [0, 0.1) is 6.92 Å². The predicted molar refractivity (Wildman–Crippen MR) is 80.3 cm³/mol. The maximum atomic E-state index is 12.3. The highest BCUT2D eigenvalue weighted by molar-refractivity contribution is 5.95. The number of carboxylic acid groups (broad SMARTS) is 1. The first kappa shape index (κ1) is 15.6. The number of carboxylic acids is 1. The second-order valence-corrected chi connectivity index (χ2v) is 4.82. The summed E-state index contributed by atoms with van der Waals surface area (Å²) in [4.78, 5) is 31.3. The normalized spacial score (nSPS) is 10.2. The van der Waals surface area contributed by atoms with Crippen molar-refractivity contribution in [3.05, 3.63) is 59.2 Å². The summed E-state index contributed by atoms with van der Waals surface area (Å²) in [5.41, 5.74) is 2.68. The molecule has 6 nitrogen and oxygen atoms in total. The zero-order valence-corrected chi connectivity index (χ0v) is 12.2. The number of aliphatic carboxylic acids is 1. The molecular formula is C16H17N3O3. The van der Waals surface area contributed by atoms with E-state index in [1.807, 2.05) is 6.92 Å². The van der Waals surface area contributed by atoms with Gasteiger partial charge in [0, 0.05) is 24.4 Å². The van der Waals surface area contributed by atoms with E-state index < -0.39 is 5.97 Å². The minimum absolute atomic E-state index is 0.00639. The topological polar surface area (TPSA) is 92.2 Å². The SMILES string of the molecule is Cc1nccnc1CNC(=O)c1ccccc1CCC(=O)O. The highest BCUT2D eigenvalue weighted by Crippen LogP contribution is 2.11. The van der Waals surface area contributed by atoms with Crippen LogP contribution in [0.3, 0.4) is 0 Å². The van der Waals surface area contributed by atoms with Gasteiger partial charge in [-0.1, -0.05) is 18.2 Å². The van der Waals surface area contributed by atoms with Crippen molar-refractivity contribution in [2.24, 2.45) is 0 Å². The van der Waals surface area contributed by atoms with Crippen LogP contribution in [0.4, 0.5) is 0 Å². The molecule has 0 fully saturated rings. The Bertz CT molecular complexity index is 686. The van der Waals surface area contributed by atoms with Crippen molar-refractivity contribution >= 4 is 11.9 Å². The molecule has 2 aromatic rings. The molecule has 0 bridgehead atoms. The van der Waals surface area contributed by atoms with Crippen LogP contribution in [0.5, 0.6) is 0 Å². The summed E-state index contributed by atoms with van der Waals surface area (Å²) in [7, 11) is 0. The van der Waals surface area contributed by atoms with E-state index in [9.17, 15) is 9.59 Å². The first-order valence-corrected chi connectivity index (χ1v) is 6.92. The summed E-state index contributed by atoms with van der Waals surface area (Å²) in [6.45, 7) is 2.11. The van der Waals surface area contributed by atoms with Crippen molar-refractivity contribution in [1.29, 1.82) is 0 Å². The number of nitrogens with one attached hydrogen (secondary N) is 1. The number of hydrogen-bond donors (Lipinski definition) is 2. The molecule has 0 saturated carbocycles. The summed E-state index contributed by atoms with van der Waals surface area (Å²) in [5.74, 6) is -1.13. The van der Waals surface area contributed by atoms with Crippen molar-refractivity contribution in [3.8, 4) is 0 Å². The van der Waals surface area contributed by atoms with Crippen molar-refractivity contribution in [2.75, 3.05) is 0 Å². The van der Waals surface area contributed by atoms with Gasteiger partial charge < -0.3 is 10.4 Å². The molecule has 0 unspecified atom stereocenters. The summed E-state index contributed by atoms with van der Waals surface area (Å²) in [5, 5.41) is 11.6. The number of nitrogens with zero attached hydrogens (tertiary/aromatic N) is 2. The van der Waals surface area contributed by atoms with Gasteiger partial charge in [-0.25, -0.2) is 0 Å². The van der Waals surface area contributed by atoms with E-state index in [0.29, 0.717) is 17.7 Å². The Labute approximate surface area is 128 Å². The lowest BCUT2D eigenvalue weighted by Crippen LogP contribution is -2.25. The molecule has 0 aliphatic heterocycles. The maximum absolute atomic E-state index is 12.3. The third-order valence-corrected chi connectivity index (χ3v) is 3.27. The van der Waals surface area contributed by atoms with Gasteiger partial charge in [-0.3, -0.25) is 19.6 Å². The Morgan fingerprint density at radius 1 is 1.18 bits per heavy atom. The summed E-state index contributed by atoms with van der Waals surface area (Å²) in [6, 6.07) is 7.01. The largest absolute Gasteiger partial charge is 0.481 e. The Hall–Kier alpha value is -2.76. The summed E-state index contributed by atoms with van der Waals surface area (Å²) in [6.07, 6.45) is 3.49. The van der Waals surface area contributed by atoms with Crippen molar-refractivity contribution < 1.29 is 14.7 Å². The van der Waals surface area contributed by atoms with Crippen LogP contribution < -0.4 is 5.32 Å². The molecule has 0 aliphatic rings. The highest BCUT2D eigenvalue weighted by Gasteiger charge is 2.12. The quantitative estimate of drug-likeness (QED) is 0.847. The molecule has 6 heteroatoms. The second-order valence-electron chi connectivity index (χ2n) is 4.82. The van der Waals surface area contributed by atoms with Gasteiger partial charge in [0.1, 0.15) is 0 Å². The van der Waals surface area contributed by atoms with Gasteiger partial charge in [-0.05, 0) is 25.0 Å². The molecule has 1 aromatic heterocycles. The van der Waals surface area contributed by atoms with E-state index in [1.165, 1.54) is 0 Å². The van der Waals surface area contributed by atoms with Gasteiger partial charge in [-0.15, -0.1) is 0 Å². The van der Waals surface area contributed by atoms with Crippen LogP contribution in [0.1, 0.15) is 33.7 Å². The molecule has 0 radical (unpaired) electrons. The molecule has 0 spiro atoms. The zero-order valence-electron chi connectivity index (χ0n) is 12.2. The Balaban J connectivity index is 2.06. The minimum atomic E-state index is -0.884. The van der Waals surface area contributed by atoms with E-state index >= 15 is 0 Å². The molecule has 0 aliphatic carbocycles. The first-order valence-electron chi connectivity index (χ1n) is 6.92. The minimum Gasteiger partial charge on any atom is -0.481 e. The molecule has 2 N–H and O–H groups in total. The number of aryl methyl sites for hydroxylation is 2. The van der Waals surface area contributed by atoms with Crippen LogP contribution in [0.25, 0.3) is 0 Å². The molecule has 1 heterocycles. The van der Waals surface area contributed by atoms with Crippen LogP contribution in [-0.2, 0) is 17.8 Å². The predicted octanol–water partition coefficient (Wildman–Crippen LogP) is 1.73. The van der Waals surface area contributed by atoms with Gasteiger partial charge in [-0.2, -0.15) is 0 Å². The monoisotopic (exact) mass is 299 g/mol. The van der Waals surface area contributed by atoms with Gasteiger partial charge >= 0.3 is 5.97 Å². The van der Waals surface area contributed by atoms with Crippen molar-refractivity contribution in [2.45, 2.75) is 26.3 Å². The van der Waals surface area contributed by atoms with E-state index in [-0.39, 0.29) is 18.9 Å². The standard InChI is InChI=1S/C16H17N3O3/c1-11-14(18-9-8-17-11)10-19-16(22)13-5-3-2-4-12(13)6-7-15(20)21/h2-5,8-9H,6-7,10H2,1H3,(H,19,22)(H,20,21). The van der Waals surface area contributed by atoms with E-state index in [1.54, 1.807) is 36.7 Å². The average molecular weight is 299 g/mol. The van der Waals surface area contributed by atoms with Gasteiger partial charge in [0.2, 0.25) is 0 Å². The first-order chi connectivity index (χ1) is 10.6. The fourth-order valence-electron chi connectivity index (χ4n) is 2.07. The Kier molecular flexibility index (Phi) is 5.19. The fourth-order valence-corrected chi connectivity index (χ4v) is 2.07. The van der Waals surface area contributed by atoms with E-state index in [4.69, 9.17) is 5.11 Å². The lowest BCUT2D eigenvalue weighted by atomic mass is 10.0. The average Bonchev–Trinajstić information content (AvgIpc) is 2.52. The summed E-state index contributed by atoms with van der Waals surface area (Å²) < 4.78 is 0. The molecule has 1 amide bonds. The van der Waals surface area contributed by atoms with E-state index in [2.05, 4.69) is 15.3 Å². The summed E-state index contributed by atoms with van der Waals surface area (Å²) >= 11 is 0. The number of aromatic nitrogens is 2. The highest BCUT2D eigenvalue weighted by atomic mass is 16.4. The second kappa shape index (κ2) is 7.31. The molecular weight excluding hydrogens is 282 g/mol. The lowest BCUT2D eigenvalue weighted by molar-refractivity contribution is -0.136. The number of hydrogen-bond acceptors (Lipinski definition) is 4. The van der Waals surface area contributed by atoms with E-state index in [0.717, 1.165) is 11.3 Å². The maximum Gasteiger partial charge on any atom is 0.303 e. The number of benzene rings is 1. The molecule has 2 rings (SSSR count). The molecule has 1 aromatic carbocycles. The van der Waals surface area contributed by atoms with Gasteiger partial charge in [0.25, 0.3) is 5.91 Å². The molecule has 114 valence electrons.